The van der Waals surface area contributed by atoms with E-state index in [-0.39, 0.29) is 103 Å². The standard InChI is InChI=1S/2C15H33N3.2CHF3O3S.5O.2W/c2*1-13(2,3)16-10-17(14(4,5)6)12-18(11-16)15(7,8)9;2*2-1(3,4)8(5,6)7;;;;;;;/h2*10-12H2,1-9H3;2*(H,5,6,7);;;;;;;/q;;;;5*-2;;/p-2. The summed E-state index contributed by atoms with van der Waals surface area (Å²) in [5, 5.41) is 0. The molecule has 0 amide bonds. The predicted octanol–water partition coefficient (Wildman–Crippen LogP) is 5.85. The van der Waals surface area contributed by atoms with E-state index in [0.29, 0.717) is 0 Å². The molecule has 2 fully saturated rings. The molecule has 59 heavy (non-hydrogen) atoms. The molecule has 0 saturated carbocycles. The van der Waals surface area contributed by atoms with E-state index in [9.17, 15) is 26.3 Å². The Labute approximate surface area is 378 Å². The summed E-state index contributed by atoms with van der Waals surface area (Å²) in [6, 6.07) is 0. The normalized spacial score (nSPS) is 17.5. The molecule has 0 radical (unpaired) electrons. The Morgan fingerprint density at radius 2 is 0.390 bits per heavy atom. The van der Waals surface area contributed by atoms with Gasteiger partial charge < -0.3 is 36.5 Å². The molecule has 0 aromatic rings. The molecule has 2 aliphatic rings. The second-order valence-electron chi connectivity index (χ2n) is 18.9. The van der Waals surface area contributed by atoms with Crippen LogP contribution in [0.5, 0.6) is 0 Å². The fourth-order valence-corrected chi connectivity index (χ4v) is 4.05. The van der Waals surface area contributed by atoms with E-state index in [1.165, 1.54) is 0 Å². The summed E-state index contributed by atoms with van der Waals surface area (Å²) in [7, 11) is -12.2. The molecule has 27 heteroatoms. The van der Waals surface area contributed by atoms with Crippen molar-refractivity contribution in [1.82, 2.24) is 29.4 Å². The molecule has 0 unspecified atom stereocenters. The van der Waals surface area contributed by atoms with E-state index in [1.807, 2.05) is 0 Å². The van der Waals surface area contributed by atoms with Crippen molar-refractivity contribution in [3.8, 4) is 0 Å². The van der Waals surface area contributed by atoms with E-state index in [2.05, 4.69) is 154 Å². The number of hydrogen-bond acceptors (Lipinski definition) is 12. The van der Waals surface area contributed by atoms with Crippen LogP contribution in [0, 0.1) is 0 Å². The van der Waals surface area contributed by atoms with Crippen molar-refractivity contribution in [1.29, 1.82) is 0 Å². The van der Waals surface area contributed by atoms with Gasteiger partial charge in [-0.15, -0.1) is 0 Å². The second-order valence-corrected chi connectivity index (χ2v) is 21.7. The molecule has 368 valence electrons. The Kier molecular flexibility index (Phi) is 36.4. The van der Waals surface area contributed by atoms with Gasteiger partial charge in [0.2, 0.25) is 0 Å². The zero-order chi connectivity index (χ0) is 42.7. The zero-order valence-electron chi connectivity index (χ0n) is 37.3. The largest absolute Gasteiger partial charge is 2.00 e. The van der Waals surface area contributed by atoms with E-state index < -0.39 is 31.3 Å². The van der Waals surface area contributed by atoms with E-state index in [0.717, 1.165) is 40.0 Å². The predicted molar refractivity (Wildman–Crippen MR) is 194 cm³/mol. The molecule has 0 aromatic carbocycles. The van der Waals surface area contributed by atoms with Crippen LogP contribution in [0.2, 0.25) is 0 Å². The molecule has 2 rings (SSSR count). The van der Waals surface area contributed by atoms with Gasteiger partial charge in [-0.05, 0) is 125 Å². The van der Waals surface area contributed by atoms with Crippen molar-refractivity contribution < 1.29 is 122 Å². The third-order valence-electron chi connectivity index (χ3n) is 8.31. The Morgan fingerprint density at radius 1 is 0.322 bits per heavy atom. The van der Waals surface area contributed by atoms with Gasteiger partial charge in [0.15, 0.2) is 20.2 Å². The van der Waals surface area contributed by atoms with Gasteiger partial charge in [-0.25, -0.2) is 16.8 Å². The fourth-order valence-electron chi connectivity index (χ4n) is 4.05. The van der Waals surface area contributed by atoms with Crippen LogP contribution in [-0.4, -0.2) is 140 Å². The molecule has 0 N–H and O–H groups in total. The van der Waals surface area contributed by atoms with E-state index >= 15 is 0 Å². The minimum atomic E-state index is -6.09. The van der Waals surface area contributed by atoms with Gasteiger partial charge in [0.1, 0.15) is 0 Å². The monoisotopic (exact) mass is 1260 g/mol. The Balaban J connectivity index is -0.0000000823. The summed E-state index contributed by atoms with van der Waals surface area (Å²) in [6.07, 6.45) is 0. The third-order valence-corrected chi connectivity index (χ3v) is 9.44. The SMILES string of the molecule is CC(C)(C)N1CN(C(C)(C)C)CN(C(C)(C)C)C1.CC(C)(C)N1CN(C(C)(C)C)CN(C(C)(C)C)C1.O=S(=O)([O-])C(F)(F)F.O=S(=O)([O-])C(F)(F)F.[O-2].[O-2].[O-2].[O-2].[O-2].[W].[W]. The summed E-state index contributed by atoms with van der Waals surface area (Å²) < 4.78 is 118. The molecular formula is C32H66F6N6O11S2W2-12. The van der Waals surface area contributed by atoms with Crippen LogP contribution in [0.4, 0.5) is 26.3 Å². The first-order valence-corrected chi connectivity index (χ1v) is 19.5. The van der Waals surface area contributed by atoms with Gasteiger partial charge in [-0.3, -0.25) is 29.4 Å². The van der Waals surface area contributed by atoms with Gasteiger partial charge in [-0.2, -0.15) is 26.3 Å². The number of rotatable bonds is 0. The molecule has 2 saturated heterocycles. The summed E-state index contributed by atoms with van der Waals surface area (Å²) >= 11 is 0. The molecule has 0 aromatic heterocycles. The van der Waals surface area contributed by atoms with Crippen molar-refractivity contribution in [2.75, 3.05) is 40.0 Å². The van der Waals surface area contributed by atoms with Gasteiger partial charge in [0.25, 0.3) is 0 Å². The number of nitrogens with zero attached hydrogens (tertiary/aromatic N) is 6. The quantitative estimate of drug-likeness (QED) is 0.157. The average molecular weight is 1260 g/mol. The van der Waals surface area contributed by atoms with Gasteiger partial charge in [-0.1, -0.05) is 0 Å². The molecule has 2 heterocycles. The molecule has 17 nitrogen and oxygen atoms in total. The fraction of sp³-hybridized carbons (Fsp3) is 1.00. The molecule has 0 spiro atoms. The summed E-state index contributed by atoms with van der Waals surface area (Å²) in [6.45, 7) is 47.8. The van der Waals surface area contributed by atoms with Crippen molar-refractivity contribution in [2.24, 2.45) is 0 Å². The summed E-state index contributed by atoms with van der Waals surface area (Å²) in [4.78, 5) is 15.4. The van der Waals surface area contributed by atoms with Crippen molar-refractivity contribution >= 4 is 20.2 Å². The second kappa shape index (κ2) is 27.0. The third kappa shape index (κ3) is 30.2. The van der Waals surface area contributed by atoms with Crippen molar-refractivity contribution in [3.05, 3.63) is 0 Å². The van der Waals surface area contributed by atoms with Crippen LogP contribution >= 0.6 is 0 Å². The van der Waals surface area contributed by atoms with Gasteiger partial charge in [0.05, 0.1) is 40.0 Å². The minimum Gasteiger partial charge on any atom is -2.00 e. The zero-order valence-corrected chi connectivity index (χ0v) is 44.8. The Morgan fingerprint density at radius 3 is 0.424 bits per heavy atom. The number of hydrogen-bond donors (Lipinski definition) is 0. The van der Waals surface area contributed by atoms with Gasteiger partial charge >= 0.3 is 11.0 Å². The minimum absolute atomic E-state index is 0. The van der Waals surface area contributed by atoms with E-state index in [4.69, 9.17) is 25.9 Å². The molecule has 0 aliphatic carbocycles. The summed E-state index contributed by atoms with van der Waals surface area (Å²) in [5.41, 5.74) is -10.00. The molecule has 0 bridgehead atoms. The first-order valence-electron chi connectivity index (χ1n) is 16.7. The van der Waals surface area contributed by atoms with Crippen LogP contribution in [0.3, 0.4) is 0 Å². The molecular weight excluding hydrogens is 1190 g/mol. The Hall–Kier alpha value is 0.337. The van der Waals surface area contributed by atoms with Crippen LogP contribution in [-0.2, 0) is 89.7 Å². The van der Waals surface area contributed by atoms with E-state index in [1.54, 1.807) is 0 Å². The average Bonchev–Trinajstić information content (AvgIpc) is 2.84. The van der Waals surface area contributed by atoms with Gasteiger partial charge in [0, 0.05) is 75.4 Å². The van der Waals surface area contributed by atoms with Crippen LogP contribution in [0.25, 0.3) is 0 Å². The summed E-state index contributed by atoms with van der Waals surface area (Å²) in [5.74, 6) is 0. The Bertz CT molecular complexity index is 1140. The molecule has 0 atom stereocenters. The van der Waals surface area contributed by atoms with Crippen LogP contribution < -0.4 is 0 Å². The van der Waals surface area contributed by atoms with Crippen molar-refractivity contribution in [3.63, 3.8) is 0 Å². The first-order chi connectivity index (χ1) is 22.1. The maximum absolute atomic E-state index is 10.7. The van der Waals surface area contributed by atoms with Crippen LogP contribution in [0.1, 0.15) is 125 Å². The molecule has 2 aliphatic heterocycles. The number of alkyl halides is 6. The smallest absolute Gasteiger partial charge is 0.485 e. The van der Waals surface area contributed by atoms with Crippen molar-refractivity contribution in [2.45, 2.75) is 169 Å². The maximum Gasteiger partial charge on any atom is 0.485 e. The number of halogens is 6. The topological polar surface area (TPSA) is 276 Å². The first kappa shape index (κ1) is 79.7. The van der Waals surface area contributed by atoms with Crippen LogP contribution in [0.15, 0.2) is 0 Å². The maximum atomic E-state index is 10.7.